The maximum Gasteiger partial charge on any atom is 0.134 e. The first-order valence-corrected chi connectivity index (χ1v) is 7.70. The summed E-state index contributed by atoms with van der Waals surface area (Å²) < 4.78 is 7.18. The molecule has 5 heteroatoms. The van der Waals surface area contributed by atoms with Crippen LogP contribution in [0.2, 0.25) is 0 Å². The van der Waals surface area contributed by atoms with Crippen LogP contribution in [0.1, 0.15) is 45.4 Å². The number of ether oxygens (including phenoxy) is 1. The van der Waals surface area contributed by atoms with Crippen molar-refractivity contribution in [3.05, 3.63) is 12.2 Å². The molecule has 1 heterocycles. The normalized spacial score (nSPS) is 22.1. The number of nitrogens with zero attached hydrogens (tertiary/aromatic N) is 3. The summed E-state index contributed by atoms with van der Waals surface area (Å²) in [5.74, 6) is 1.05. The molecule has 1 atom stereocenters. The molecule has 1 aromatic rings. The SMILES string of the molecule is COCCn1cnnc1CCN[C@H]1CCCC(C)(C)C1. The molecule has 0 aliphatic heterocycles. The maximum absolute atomic E-state index is 5.10. The topological polar surface area (TPSA) is 52.0 Å². The molecule has 0 aromatic carbocycles. The van der Waals surface area contributed by atoms with Crippen LogP contribution in [0.3, 0.4) is 0 Å². The molecule has 0 bridgehead atoms. The standard InChI is InChI=1S/C15H28N4O/c1-15(2)7-4-5-13(11-15)16-8-6-14-18-17-12-19(14)9-10-20-3/h12-13,16H,4-11H2,1-3H3/t13-/m0/s1. The van der Waals surface area contributed by atoms with Crippen molar-refractivity contribution in [2.45, 2.75) is 58.5 Å². The third kappa shape index (κ3) is 4.56. The van der Waals surface area contributed by atoms with Gasteiger partial charge in [0.05, 0.1) is 6.61 Å². The van der Waals surface area contributed by atoms with Crippen molar-refractivity contribution in [3.63, 3.8) is 0 Å². The number of nitrogens with one attached hydrogen (secondary N) is 1. The van der Waals surface area contributed by atoms with Crippen molar-refractivity contribution in [2.24, 2.45) is 5.41 Å². The van der Waals surface area contributed by atoms with Crippen molar-refractivity contribution < 1.29 is 4.74 Å². The lowest BCUT2D eigenvalue weighted by Gasteiger charge is -2.35. The van der Waals surface area contributed by atoms with E-state index in [1.165, 1.54) is 25.7 Å². The van der Waals surface area contributed by atoms with E-state index >= 15 is 0 Å². The quantitative estimate of drug-likeness (QED) is 0.830. The second-order valence-corrected chi connectivity index (χ2v) is 6.59. The van der Waals surface area contributed by atoms with Gasteiger partial charge in [0.1, 0.15) is 12.2 Å². The second kappa shape index (κ2) is 7.18. The van der Waals surface area contributed by atoms with E-state index < -0.39 is 0 Å². The summed E-state index contributed by atoms with van der Waals surface area (Å²) in [6.07, 6.45) is 8.01. The predicted molar refractivity (Wildman–Crippen MR) is 79.6 cm³/mol. The Morgan fingerprint density at radius 1 is 1.50 bits per heavy atom. The molecule has 1 aromatic heterocycles. The Balaban J connectivity index is 1.74. The maximum atomic E-state index is 5.10. The van der Waals surface area contributed by atoms with Gasteiger partial charge in [0.25, 0.3) is 0 Å². The molecular formula is C15H28N4O. The van der Waals surface area contributed by atoms with Crippen LogP contribution in [0, 0.1) is 5.41 Å². The van der Waals surface area contributed by atoms with Gasteiger partial charge in [-0.2, -0.15) is 0 Å². The molecule has 0 saturated heterocycles. The zero-order chi connectivity index (χ0) is 14.4. The molecule has 1 fully saturated rings. The molecule has 20 heavy (non-hydrogen) atoms. The van der Waals surface area contributed by atoms with E-state index in [2.05, 4.69) is 33.9 Å². The smallest absolute Gasteiger partial charge is 0.134 e. The van der Waals surface area contributed by atoms with E-state index in [0.717, 1.165) is 25.3 Å². The van der Waals surface area contributed by atoms with Gasteiger partial charge in [-0.05, 0) is 24.7 Å². The van der Waals surface area contributed by atoms with Crippen LogP contribution in [0.25, 0.3) is 0 Å². The molecule has 0 radical (unpaired) electrons. The minimum Gasteiger partial charge on any atom is -0.383 e. The zero-order valence-corrected chi connectivity index (χ0v) is 13.1. The Labute approximate surface area is 122 Å². The molecule has 2 rings (SSSR count). The fourth-order valence-electron chi connectivity index (χ4n) is 3.11. The van der Waals surface area contributed by atoms with Crippen molar-refractivity contribution in [2.75, 3.05) is 20.3 Å². The molecule has 0 unspecified atom stereocenters. The van der Waals surface area contributed by atoms with Gasteiger partial charge in [-0.15, -0.1) is 10.2 Å². The Bertz CT molecular complexity index is 402. The van der Waals surface area contributed by atoms with Gasteiger partial charge < -0.3 is 14.6 Å². The number of methoxy groups -OCH3 is 1. The summed E-state index contributed by atoms with van der Waals surface area (Å²) in [6, 6.07) is 0.661. The van der Waals surface area contributed by atoms with Gasteiger partial charge in [-0.1, -0.05) is 20.3 Å². The van der Waals surface area contributed by atoms with Gasteiger partial charge in [-0.3, -0.25) is 0 Å². The summed E-state index contributed by atoms with van der Waals surface area (Å²) in [4.78, 5) is 0. The highest BCUT2D eigenvalue weighted by molar-refractivity contribution is 4.88. The summed E-state index contributed by atoms with van der Waals surface area (Å²) in [5, 5.41) is 11.9. The highest BCUT2D eigenvalue weighted by atomic mass is 16.5. The van der Waals surface area contributed by atoms with Crippen LogP contribution >= 0.6 is 0 Å². The zero-order valence-electron chi connectivity index (χ0n) is 13.1. The minimum absolute atomic E-state index is 0.494. The molecule has 1 saturated carbocycles. The molecule has 0 spiro atoms. The van der Waals surface area contributed by atoms with Crippen LogP contribution in [-0.2, 0) is 17.7 Å². The minimum atomic E-state index is 0.494. The first-order chi connectivity index (χ1) is 9.61. The Morgan fingerprint density at radius 2 is 2.35 bits per heavy atom. The van der Waals surface area contributed by atoms with Crippen LogP contribution in [0.15, 0.2) is 6.33 Å². The van der Waals surface area contributed by atoms with E-state index in [0.29, 0.717) is 18.1 Å². The van der Waals surface area contributed by atoms with Crippen LogP contribution in [0.4, 0.5) is 0 Å². The van der Waals surface area contributed by atoms with Gasteiger partial charge in [0, 0.05) is 32.7 Å². The number of aromatic nitrogens is 3. The van der Waals surface area contributed by atoms with Crippen LogP contribution < -0.4 is 5.32 Å². The summed E-state index contributed by atoms with van der Waals surface area (Å²) >= 11 is 0. The Kier molecular flexibility index (Phi) is 5.54. The molecule has 1 N–H and O–H groups in total. The first kappa shape index (κ1) is 15.4. The Hall–Kier alpha value is -0.940. The summed E-state index contributed by atoms with van der Waals surface area (Å²) in [7, 11) is 1.72. The molecular weight excluding hydrogens is 252 g/mol. The molecule has 1 aliphatic rings. The van der Waals surface area contributed by atoms with Crippen LogP contribution in [-0.4, -0.2) is 41.1 Å². The first-order valence-electron chi connectivity index (χ1n) is 7.70. The molecule has 114 valence electrons. The largest absolute Gasteiger partial charge is 0.383 e. The van der Waals surface area contributed by atoms with E-state index in [1.54, 1.807) is 13.4 Å². The third-order valence-electron chi connectivity index (χ3n) is 4.22. The third-order valence-corrected chi connectivity index (χ3v) is 4.22. The highest BCUT2D eigenvalue weighted by Gasteiger charge is 2.27. The fourth-order valence-corrected chi connectivity index (χ4v) is 3.11. The Morgan fingerprint density at radius 3 is 3.10 bits per heavy atom. The number of hydrogen-bond acceptors (Lipinski definition) is 4. The van der Waals surface area contributed by atoms with Crippen molar-refractivity contribution in [1.29, 1.82) is 0 Å². The van der Waals surface area contributed by atoms with E-state index in [9.17, 15) is 0 Å². The van der Waals surface area contributed by atoms with Crippen LogP contribution in [0.5, 0.6) is 0 Å². The number of hydrogen-bond donors (Lipinski definition) is 1. The lowest BCUT2D eigenvalue weighted by molar-refractivity contribution is 0.185. The lowest BCUT2D eigenvalue weighted by Crippen LogP contribution is -2.38. The average Bonchev–Trinajstić information content (AvgIpc) is 2.83. The fraction of sp³-hybridized carbons (Fsp3) is 0.867. The van der Waals surface area contributed by atoms with Crippen molar-refractivity contribution in [1.82, 2.24) is 20.1 Å². The summed E-state index contributed by atoms with van der Waals surface area (Å²) in [6.45, 7) is 7.27. The summed E-state index contributed by atoms with van der Waals surface area (Å²) in [5.41, 5.74) is 0.494. The monoisotopic (exact) mass is 280 g/mol. The van der Waals surface area contributed by atoms with Crippen molar-refractivity contribution in [3.8, 4) is 0 Å². The molecule has 0 amide bonds. The van der Waals surface area contributed by atoms with E-state index in [1.807, 2.05) is 0 Å². The van der Waals surface area contributed by atoms with Crippen molar-refractivity contribution >= 4 is 0 Å². The van der Waals surface area contributed by atoms with E-state index in [4.69, 9.17) is 4.74 Å². The average molecular weight is 280 g/mol. The van der Waals surface area contributed by atoms with Gasteiger partial charge in [0.15, 0.2) is 0 Å². The molecule has 5 nitrogen and oxygen atoms in total. The predicted octanol–water partition coefficient (Wildman–Crippen LogP) is 2.03. The van der Waals surface area contributed by atoms with Gasteiger partial charge in [0.2, 0.25) is 0 Å². The number of rotatable bonds is 7. The second-order valence-electron chi connectivity index (χ2n) is 6.59. The van der Waals surface area contributed by atoms with E-state index in [-0.39, 0.29) is 0 Å². The highest BCUT2D eigenvalue weighted by Crippen LogP contribution is 2.34. The lowest BCUT2D eigenvalue weighted by atomic mass is 9.75. The van der Waals surface area contributed by atoms with Gasteiger partial charge in [-0.25, -0.2) is 0 Å². The van der Waals surface area contributed by atoms with Gasteiger partial charge >= 0.3 is 0 Å². The molecule has 1 aliphatic carbocycles.